The van der Waals surface area contributed by atoms with E-state index in [0.717, 1.165) is 29.5 Å². The largest absolute Gasteiger partial charge is 0.207 e. The van der Waals surface area contributed by atoms with Crippen LogP contribution in [0.1, 0.15) is 29.5 Å². The molecule has 0 spiro atoms. The third-order valence-corrected chi connectivity index (χ3v) is 3.03. The van der Waals surface area contributed by atoms with Gasteiger partial charge in [-0.3, -0.25) is 0 Å². The van der Waals surface area contributed by atoms with Gasteiger partial charge in [0.05, 0.1) is 0 Å². The second kappa shape index (κ2) is 5.12. The molecule has 0 amide bonds. The van der Waals surface area contributed by atoms with Crippen molar-refractivity contribution < 1.29 is 4.39 Å². The predicted molar refractivity (Wildman–Crippen MR) is 76.0 cm³/mol. The smallest absolute Gasteiger partial charge is 0.123 e. The molecular formula is C18H13F. The van der Waals surface area contributed by atoms with Gasteiger partial charge in [-0.25, -0.2) is 4.39 Å². The normalized spacial score (nSPS) is 12.6. The van der Waals surface area contributed by atoms with E-state index in [2.05, 4.69) is 17.9 Å². The molecule has 0 bridgehead atoms. The van der Waals surface area contributed by atoms with Crippen LogP contribution >= 0.6 is 0 Å². The van der Waals surface area contributed by atoms with Crippen molar-refractivity contribution in [2.24, 2.45) is 0 Å². The first-order valence-electron chi connectivity index (χ1n) is 6.37. The van der Waals surface area contributed by atoms with Crippen LogP contribution in [-0.2, 0) is 0 Å². The van der Waals surface area contributed by atoms with E-state index in [-0.39, 0.29) is 5.82 Å². The number of hydrogen-bond donors (Lipinski definition) is 0. The summed E-state index contributed by atoms with van der Waals surface area (Å²) in [5.41, 5.74) is 4.10. The van der Waals surface area contributed by atoms with E-state index in [9.17, 15) is 4.39 Å². The second-order valence-electron chi connectivity index (χ2n) is 4.65. The van der Waals surface area contributed by atoms with Gasteiger partial charge in [-0.2, -0.15) is 0 Å². The molecule has 1 aliphatic rings. The minimum absolute atomic E-state index is 0.210. The molecule has 0 radical (unpaired) electrons. The fraction of sp³-hybridized carbons (Fsp3) is 0.111. The zero-order chi connectivity index (χ0) is 13.1. The highest BCUT2D eigenvalue weighted by Gasteiger charge is 2.11. The van der Waals surface area contributed by atoms with Crippen molar-refractivity contribution >= 4 is 6.08 Å². The summed E-state index contributed by atoms with van der Waals surface area (Å²) < 4.78 is 13.3. The van der Waals surface area contributed by atoms with Crippen LogP contribution in [0.15, 0.2) is 54.1 Å². The highest BCUT2D eigenvalue weighted by molar-refractivity contribution is 5.64. The van der Waals surface area contributed by atoms with Crippen LogP contribution in [0, 0.1) is 17.7 Å². The first kappa shape index (κ1) is 11.7. The van der Waals surface area contributed by atoms with Crippen molar-refractivity contribution in [2.45, 2.75) is 12.8 Å². The van der Waals surface area contributed by atoms with Crippen molar-refractivity contribution in [1.29, 1.82) is 0 Å². The van der Waals surface area contributed by atoms with Gasteiger partial charge in [-0.15, -0.1) is 0 Å². The van der Waals surface area contributed by atoms with E-state index < -0.39 is 0 Å². The Bertz CT molecular complexity index is 679. The Morgan fingerprint density at radius 3 is 2.47 bits per heavy atom. The van der Waals surface area contributed by atoms with Gasteiger partial charge in [0.2, 0.25) is 0 Å². The van der Waals surface area contributed by atoms with Crippen molar-refractivity contribution in [3.8, 4) is 11.8 Å². The lowest BCUT2D eigenvalue weighted by atomic mass is 10.1. The van der Waals surface area contributed by atoms with Gasteiger partial charge in [-0.05, 0) is 48.7 Å². The van der Waals surface area contributed by atoms with Gasteiger partial charge in [0.25, 0.3) is 0 Å². The Morgan fingerprint density at radius 1 is 0.947 bits per heavy atom. The molecule has 19 heavy (non-hydrogen) atoms. The summed E-state index contributed by atoms with van der Waals surface area (Å²) in [7, 11) is 0. The van der Waals surface area contributed by atoms with Crippen LogP contribution in [0.25, 0.3) is 6.08 Å². The summed E-state index contributed by atoms with van der Waals surface area (Å²) in [6.07, 6.45) is 4.31. The minimum atomic E-state index is -0.210. The molecule has 0 aromatic heterocycles. The molecule has 1 aliphatic carbocycles. The molecule has 92 valence electrons. The Kier molecular flexibility index (Phi) is 3.16. The van der Waals surface area contributed by atoms with Crippen molar-refractivity contribution in [2.75, 3.05) is 0 Å². The predicted octanol–water partition coefficient (Wildman–Crippen LogP) is 4.40. The lowest BCUT2D eigenvalue weighted by molar-refractivity contribution is 0.627. The summed E-state index contributed by atoms with van der Waals surface area (Å²) in [5, 5.41) is 0. The standard InChI is InChI=1S/C18H13F/c19-18-11-10-16(17(13-18)12-15-6-7-15)9-8-14-4-2-1-3-5-14/h1-5,10-13H,6-7H2. The lowest BCUT2D eigenvalue weighted by Gasteiger charge is -1.99. The molecular weight excluding hydrogens is 235 g/mol. The number of hydrogen-bond acceptors (Lipinski definition) is 0. The van der Waals surface area contributed by atoms with Crippen molar-refractivity contribution in [3.05, 3.63) is 76.6 Å². The quantitative estimate of drug-likeness (QED) is 0.656. The Morgan fingerprint density at radius 2 is 1.74 bits per heavy atom. The monoisotopic (exact) mass is 248 g/mol. The van der Waals surface area contributed by atoms with E-state index >= 15 is 0 Å². The van der Waals surface area contributed by atoms with E-state index in [1.807, 2.05) is 30.3 Å². The summed E-state index contributed by atoms with van der Waals surface area (Å²) >= 11 is 0. The first-order valence-corrected chi connectivity index (χ1v) is 6.37. The third kappa shape index (κ3) is 3.11. The summed E-state index contributed by atoms with van der Waals surface area (Å²) in [6, 6.07) is 14.6. The van der Waals surface area contributed by atoms with Crippen LogP contribution in [0.5, 0.6) is 0 Å². The molecule has 0 heterocycles. The van der Waals surface area contributed by atoms with Crippen LogP contribution in [0.2, 0.25) is 0 Å². The SMILES string of the molecule is Fc1ccc(C#Cc2ccccc2)c(C=C2CC2)c1. The average molecular weight is 248 g/mol. The molecule has 3 rings (SSSR count). The maximum absolute atomic E-state index is 13.3. The summed E-state index contributed by atoms with van der Waals surface area (Å²) in [6.45, 7) is 0. The average Bonchev–Trinajstić information content (AvgIpc) is 3.23. The zero-order valence-electron chi connectivity index (χ0n) is 10.5. The second-order valence-corrected chi connectivity index (χ2v) is 4.65. The van der Waals surface area contributed by atoms with Gasteiger partial charge in [0.1, 0.15) is 5.82 Å². The zero-order valence-corrected chi connectivity index (χ0v) is 10.5. The van der Waals surface area contributed by atoms with Crippen LogP contribution in [0.3, 0.4) is 0 Å². The Hall–Kier alpha value is -2.33. The summed E-state index contributed by atoms with van der Waals surface area (Å²) in [5.74, 6) is 6.03. The molecule has 0 N–H and O–H groups in total. The Labute approximate surface area is 112 Å². The van der Waals surface area contributed by atoms with Gasteiger partial charge in [0, 0.05) is 11.1 Å². The van der Waals surface area contributed by atoms with Gasteiger partial charge in [0.15, 0.2) is 0 Å². The van der Waals surface area contributed by atoms with Crippen LogP contribution < -0.4 is 0 Å². The molecule has 2 aromatic carbocycles. The summed E-state index contributed by atoms with van der Waals surface area (Å²) in [4.78, 5) is 0. The molecule has 0 atom stereocenters. The topological polar surface area (TPSA) is 0 Å². The first-order chi connectivity index (χ1) is 9.31. The maximum Gasteiger partial charge on any atom is 0.123 e. The molecule has 0 saturated heterocycles. The fourth-order valence-electron chi connectivity index (χ4n) is 1.86. The van der Waals surface area contributed by atoms with Crippen molar-refractivity contribution in [3.63, 3.8) is 0 Å². The van der Waals surface area contributed by atoms with Crippen LogP contribution in [0.4, 0.5) is 4.39 Å². The minimum Gasteiger partial charge on any atom is -0.207 e. The fourth-order valence-corrected chi connectivity index (χ4v) is 1.86. The highest BCUT2D eigenvalue weighted by atomic mass is 19.1. The molecule has 1 saturated carbocycles. The van der Waals surface area contributed by atoms with Gasteiger partial charge in [-0.1, -0.05) is 41.7 Å². The molecule has 0 aliphatic heterocycles. The van der Waals surface area contributed by atoms with Crippen molar-refractivity contribution in [1.82, 2.24) is 0 Å². The Balaban J connectivity index is 1.97. The molecule has 2 aromatic rings. The number of allylic oxidation sites excluding steroid dienone is 1. The van der Waals surface area contributed by atoms with E-state index in [0.29, 0.717) is 0 Å². The number of halogens is 1. The van der Waals surface area contributed by atoms with E-state index in [4.69, 9.17) is 0 Å². The molecule has 1 fully saturated rings. The third-order valence-electron chi connectivity index (χ3n) is 3.03. The molecule has 0 unspecified atom stereocenters. The maximum atomic E-state index is 13.3. The van der Waals surface area contributed by atoms with Crippen LogP contribution in [-0.4, -0.2) is 0 Å². The number of rotatable bonds is 1. The van der Waals surface area contributed by atoms with Gasteiger partial charge >= 0.3 is 0 Å². The molecule has 0 nitrogen and oxygen atoms in total. The van der Waals surface area contributed by atoms with E-state index in [1.165, 1.54) is 11.6 Å². The van der Waals surface area contributed by atoms with Gasteiger partial charge < -0.3 is 0 Å². The lowest BCUT2D eigenvalue weighted by Crippen LogP contribution is -1.85. The highest BCUT2D eigenvalue weighted by Crippen LogP contribution is 2.31. The number of benzene rings is 2. The van der Waals surface area contributed by atoms with E-state index in [1.54, 1.807) is 12.1 Å². The molecule has 1 heteroatoms.